The van der Waals surface area contributed by atoms with Gasteiger partial charge in [-0.2, -0.15) is 0 Å². The Morgan fingerprint density at radius 2 is 0.538 bits per heavy atom. The van der Waals surface area contributed by atoms with Gasteiger partial charge in [0.15, 0.2) is 0 Å². The molecule has 2 radical (unpaired) electrons. The summed E-state index contributed by atoms with van der Waals surface area (Å²) in [5.41, 5.74) is 0. The molecule has 0 spiro atoms. The fraction of sp³-hybridized carbons (Fsp3) is 0. The van der Waals surface area contributed by atoms with Gasteiger partial charge in [-0.1, -0.05) is 0 Å². The molecule has 0 aliphatic carbocycles. The van der Waals surface area contributed by atoms with Gasteiger partial charge in [0.05, 0.1) is 0 Å². The minimum Gasteiger partial charge on any atom is -0.894 e. The van der Waals surface area contributed by atoms with E-state index in [4.69, 9.17) is 38.4 Å². The number of hydrogen-bond donors (Lipinski definition) is 0. The molecule has 0 aliphatic heterocycles. The molecule has 0 aromatic carbocycles. The van der Waals surface area contributed by atoms with Gasteiger partial charge in [-0.3, -0.25) is 0 Å². The van der Waals surface area contributed by atoms with E-state index in [2.05, 4.69) is 0 Å². The summed E-state index contributed by atoms with van der Waals surface area (Å²) in [5.74, 6) is 0. The smallest absolute Gasteiger partial charge is 0.894 e. The van der Waals surface area contributed by atoms with Crippen molar-refractivity contribution in [3.63, 3.8) is 0 Å². The summed E-state index contributed by atoms with van der Waals surface area (Å²) in [5, 5.41) is 0. The molecule has 0 rings (SSSR count). The Labute approximate surface area is 120 Å². The first-order chi connectivity index (χ1) is 4.00. The van der Waals surface area contributed by atoms with Crippen molar-refractivity contribution in [2.45, 2.75) is 0 Å². The van der Waals surface area contributed by atoms with E-state index in [9.17, 15) is 0 Å². The molecule has 78 valence electrons. The monoisotopic (exact) mass is 321 g/mol. The average molecular weight is 322 g/mol. The third-order valence-corrected chi connectivity index (χ3v) is 0. The van der Waals surface area contributed by atoms with Gasteiger partial charge >= 0.3 is 46.6 Å². The first-order valence-electron chi connectivity index (χ1n) is 1.63. The largest absolute Gasteiger partial charge is 2.00 e. The zero-order chi connectivity index (χ0) is 9.00. The predicted octanol–water partition coefficient (Wildman–Crippen LogP) is -13.3. The molecule has 0 aromatic rings. The molecule has 8 nitrogen and oxygen atoms in total. The summed E-state index contributed by atoms with van der Waals surface area (Å²) >= 11 is 0. The van der Waals surface area contributed by atoms with E-state index < -0.39 is 18.1 Å². The van der Waals surface area contributed by atoms with Crippen LogP contribution in [0.25, 0.3) is 0 Å². The van der Waals surface area contributed by atoms with E-state index in [0.717, 1.165) is 0 Å². The Kier molecular flexibility index (Phi) is 27.9. The molecule has 0 aromatic heterocycles. The Bertz CT molecular complexity index is 65.1. The van der Waals surface area contributed by atoms with Gasteiger partial charge in [-0.25, -0.2) is 0 Å². The average Bonchev–Trinajstić information content (AvgIpc) is 1.12. The van der Waals surface area contributed by atoms with Gasteiger partial charge in [0.25, 0.3) is 0 Å². The van der Waals surface area contributed by atoms with Gasteiger partial charge in [-0.05, 0) is 0 Å². The van der Waals surface area contributed by atoms with Gasteiger partial charge in [0.2, 0.25) is 0 Å². The molecule has 13 heteroatoms. The Hall–Kier alpha value is 2.22. The van der Waals surface area contributed by atoms with E-state index in [1.165, 1.54) is 0 Å². The van der Waals surface area contributed by atoms with Gasteiger partial charge in [0.1, 0.15) is 0 Å². The first kappa shape index (κ1) is 29.5. The SMILES string of the molecule is [Cu+2].[Na+].[O-][Si]([O-])([O-])[O-].[O-][Si]([O-])([O-])[O-].[V]. The summed E-state index contributed by atoms with van der Waals surface area (Å²) in [4.78, 5) is 68.6. The molecule has 0 saturated heterocycles. The third-order valence-electron chi connectivity index (χ3n) is 0. The van der Waals surface area contributed by atoms with Crippen LogP contribution in [-0.4, -0.2) is 18.1 Å². The summed E-state index contributed by atoms with van der Waals surface area (Å²) in [6.07, 6.45) is 0. The molecule has 13 heavy (non-hydrogen) atoms. The standard InChI is InChI=1S/Cu.Na.2O4Si.V/c;;2*1-5(2,3)4;/q+2;+1;2*-4;. The Morgan fingerprint density at radius 3 is 0.538 bits per heavy atom. The quantitative estimate of drug-likeness (QED) is 0.393. The fourth-order valence-electron chi connectivity index (χ4n) is 0. The normalized spacial score (nSPS) is 9.23. The van der Waals surface area contributed by atoms with Crippen LogP contribution in [0.1, 0.15) is 0 Å². The van der Waals surface area contributed by atoms with Crippen molar-refractivity contribution in [1.82, 2.24) is 0 Å². The van der Waals surface area contributed by atoms with Crippen LogP contribution in [0.4, 0.5) is 0 Å². The van der Waals surface area contributed by atoms with Crippen molar-refractivity contribution >= 4 is 18.1 Å². The molecule has 0 unspecified atom stereocenters. The molecule has 0 bridgehead atoms. The summed E-state index contributed by atoms with van der Waals surface area (Å²) in [6.45, 7) is 0. The van der Waals surface area contributed by atoms with Gasteiger partial charge < -0.3 is 56.5 Å². The van der Waals surface area contributed by atoms with Crippen molar-refractivity contribution in [2.24, 2.45) is 0 Å². The first-order valence-corrected chi connectivity index (χ1v) is 4.90. The maximum absolute atomic E-state index is 8.58. The summed E-state index contributed by atoms with van der Waals surface area (Å²) < 4.78 is 0. The molecular formula is CuNaO8Si2V-5. The Morgan fingerprint density at radius 1 is 0.538 bits per heavy atom. The van der Waals surface area contributed by atoms with Crippen LogP contribution in [0.5, 0.6) is 0 Å². The van der Waals surface area contributed by atoms with E-state index in [1.54, 1.807) is 0 Å². The maximum atomic E-state index is 8.58. The van der Waals surface area contributed by atoms with E-state index in [0.29, 0.717) is 0 Å². The zero-order valence-electron chi connectivity index (χ0n) is 6.01. The molecular weight excluding hydrogens is 322 g/mol. The van der Waals surface area contributed by atoms with Crippen LogP contribution >= 0.6 is 0 Å². The van der Waals surface area contributed by atoms with Crippen LogP contribution in [0.2, 0.25) is 0 Å². The van der Waals surface area contributed by atoms with Crippen molar-refractivity contribution in [1.29, 1.82) is 0 Å². The second-order valence-corrected chi connectivity index (χ2v) is 3.00. The maximum Gasteiger partial charge on any atom is 2.00 e. The van der Waals surface area contributed by atoms with E-state index >= 15 is 0 Å². The van der Waals surface area contributed by atoms with Crippen LogP contribution < -0.4 is 67.9 Å². The minimum absolute atomic E-state index is 0. The van der Waals surface area contributed by atoms with Crippen LogP contribution in [0.3, 0.4) is 0 Å². The van der Waals surface area contributed by atoms with Crippen LogP contribution in [-0.2, 0) is 35.6 Å². The number of rotatable bonds is 0. The molecule has 0 saturated carbocycles. The Balaban J connectivity index is -0.0000000267. The van der Waals surface area contributed by atoms with E-state index in [1.807, 2.05) is 0 Å². The second-order valence-electron chi connectivity index (χ2n) is 1.00. The summed E-state index contributed by atoms with van der Waals surface area (Å²) in [7, 11) is -11.2. The topological polar surface area (TPSA) is 184 Å². The van der Waals surface area contributed by atoms with Crippen molar-refractivity contribution < 1.29 is 104 Å². The predicted molar refractivity (Wildman–Crippen MR) is 11.5 cm³/mol. The second kappa shape index (κ2) is 12.3. The zero-order valence-corrected chi connectivity index (χ0v) is 12.4. The van der Waals surface area contributed by atoms with Crippen LogP contribution in [0.15, 0.2) is 0 Å². The molecule has 0 amide bonds. The van der Waals surface area contributed by atoms with Crippen LogP contribution in [0, 0.1) is 0 Å². The van der Waals surface area contributed by atoms with Crippen molar-refractivity contribution in [2.75, 3.05) is 0 Å². The van der Waals surface area contributed by atoms with Gasteiger partial charge in [0, 0.05) is 18.6 Å². The minimum atomic E-state index is -5.61. The molecule has 0 heterocycles. The third kappa shape index (κ3) is 432. The molecule has 0 atom stereocenters. The summed E-state index contributed by atoms with van der Waals surface area (Å²) in [6, 6.07) is 0. The fourth-order valence-corrected chi connectivity index (χ4v) is 0. The molecule has 0 aliphatic rings. The van der Waals surface area contributed by atoms with Gasteiger partial charge in [-0.15, -0.1) is 0 Å². The van der Waals surface area contributed by atoms with Crippen molar-refractivity contribution in [3.05, 3.63) is 0 Å². The number of hydrogen-bond acceptors (Lipinski definition) is 8. The molecule has 0 N–H and O–H groups in total. The van der Waals surface area contributed by atoms with Crippen molar-refractivity contribution in [3.8, 4) is 0 Å². The van der Waals surface area contributed by atoms with E-state index in [-0.39, 0.29) is 65.2 Å². The molecule has 0 fully saturated rings.